The van der Waals surface area contributed by atoms with Crippen LogP contribution in [0.4, 0.5) is 4.39 Å². The summed E-state index contributed by atoms with van der Waals surface area (Å²) in [4.78, 5) is 2.12. The number of ether oxygens (including phenoxy) is 1. The third-order valence-electron chi connectivity index (χ3n) is 6.97. The van der Waals surface area contributed by atoms with E-state index in [2.05, 4.69) is 6.08 Å². The summed E-state index contributed by atoms with van der Waals surface area (Å²) >= 11 is 0. The van der Waals surface area contributed by atoms with Gasteiger partial charge in [0.25, 0.3) is 0 Å². The minimum Gasteiger partial charge on any atom is -0.487 e. The van der Waals surface area contributed by atoms with E-state index in [0.29, 0.717) is 24.4 Å². The molecule has 0 aromatic heterocycles. The minimum atomic E-state index is -3.87. The number of aliphatic hydroxyl groups is 1. The molecule has 2 aromatic carbocycles. The Morgan fingerprint density at radius 2 is 2.03 bits per heavy atom. The normalized spacial score (nSPS) is 23.2. The summed E-state index contributed by atoms with van der Waals surface area (Å²) in [7, 11) is -1.96. The van der Waals surface area contributed by atoms with E-state index in [4.69, 9.17) is 4.74 Å². The van der Waals surface area contributed by atoms with Gasteiger partial charge in [0.1, 0.15) is 22.6 Å². The van der Waals surface area contributed by atoms with Gasteiger partial charge in [-0.25, -0.2) is 12.8 Å². The first kappa shape index (κ1) is 25.8. The first-order valence-electron chi connectivity index (χ1n) is 12.3. The van der Waals surface area contributed by atoms with Crippen LogP contribution in [0, 0.1) is 11.7 Å². The molecule has 0 radical (unpaired) electrons. The van der Waals surface area contributed by atoms with Gasteiger partial charge in [-0.2, -0.15) is 4.31 Å². The van der Waals surface area contributed by atoms with Crippen molar-refractivity contribution in [3.63, 3.8) is 0 Å². The maximum atomic E-state index is 14.2. The molecule has 0 bridgehead atoms. The summed E-state index contributed by atoms with van der Waals surface area (Å²) in [5, 5.41) is 9.82. The van der Waals surface area contributed by atoms with Gasteiger partial charge in [0.05, 0.1) is 6.61 Å². The second-order valence-corrected chi connectivity index (χ2v) is 11.7. The Labute approximate surface area is 208 Å². The van der Waals surface area contributed by atoms with Gasteiger partial charge < -0.3 is 9.84 Å². The zero-order valence-corrected chi connectivity index (χ0v) is 21.5. The van der Waals surface area contributed by atoms with E-state index in [1.54, 1.807) is 25.1 Å². The fourth-order valence-electron chi connectivity index (χ4n) is 4.87. The lowest BCUT2D eigenvalue weighted by atomic mass is 10.0. The maximum Gasteiger partial charge on any atom is 0.247 e. The Kier molecular flexibility index (Phi) is 7.96. The van der Waals surface area contributed by atoms with E-state index >= 15 is 0 Å². The van der Waals surface area contributed by atoms with Crippen LogP contribution in [0.1, 0.15) is 44.2 Å². The number of aliphatic hydroxyl groups excluding tert-OH is 1. The van der Waals surface area contributed by atoms with Crippen LogP contribution in [0.2, 0.25) is 0 Å². The Morgan fingerprint density at radius 3 is 2.71 bits per heavy atom. The third-order valence-corrected chi connectivity index (χ3v) is 8.99. The van der Waals surface area contributed by atoms with Gasteiger partial charge >= 0.3 is 0 Å². The van der Waals surface area contributed by atoms with E-state index < -0.39 is 16.1 Å². The molecule has 35 heavy (non-hydrogen) atoms. The Bertz CT molecular complexity index is 1180. The number of sulfonamides is 1. The van der Waals surface area contributed by atoms with E-state index in [9.17, 15) is 17.9 Å². The largest absolute Gasteiger partial charge is 0.487 e. The summed E-state index contributed by atoms with van der Waals surface area (Å²) in [6.45, 7) is 4.52. The van der Waals surface area contributed by atoms with Crippen LogP contribution >= 0.6 is 0 Å². The van der Waals surface area contributed by atoms with Crippen molar-refractivity contribution in [2.45, 2.75) is 56.7 Å². The van der Waals surface area contributed by atoms with Gasteiger partial charge in [-0.15, -0.1) is 0 Å². The molecular weight excluding hydrogens is 467 g/mol. The SMILES string of the molecule is C[C@H]1CN([C@@H](C)CO)S(=O)(=O)c2ccc(C3=CCCC3)cc2O[C@@H]1CN(C)Cc1ccccc1F. The molecule has 3 atom stereocenters. The first-order chi connectivity index (χ1) is 16.7. The Hall–Kier alpha value is -2.26. The van der Waals surface area contributed by atoms with Gasteiger partial charge in [-0.1, -0.05) is 37.3 Å². The second kappa shape index (κ2) is 10.8. The lowest BCUT2D eigenvalue weighted by Gasteiger charge is -2.37. The Balaban J connectivity index is 1.69. The highest BCUT2D eigenvalue weighted by Gasteiger charge is 2.38. The molecule has 0 unspecified atom stereocenters. The molecule has 0 amide bonds. The molecule has 4 rings (SSSR count). The van der Waals surface area contributed by atoms with Crippen molar-refractivity contribution >= 4 is 15.6 Å². The van der Waals surface area contributed by atoms with Crippen LogP contribution in [-0.4, -0.2) is 61.6 Å². The highest BCUT2D eigenvalue weighted by Crippen LogP contribution is 2.37. The summed E-state index contributed by atoms with van der Waals surface area (Å²) in [6.07, 6.45) is 4.94. The molecule has 2 aliphatic rings. The van der Waals surface area contributed by atoms with Crippen molar-refractivity contribution in [2.24, 2.45) is 5.92 Å². The zero-order valence-electron chi connectivity index (χ0n) is 20.7. The van der Waals surface area contributed by atoms with Crippen molar-refractivity contribution in [3.8, 4) is 5.75 Å². The van der Waals surface area contributed by atoms with E-state index in [0.717, 1.165) is 24.8 Å². The maximum absolute atomic E-state index is 14.2. The quantitative estimate of drug-likeness (QED) is 0.612. The van der Waals surface area contributed by atoms with Gasteiger partial charge in [0, 0.05) is 37.2 Å². The van der Waals surface area contributed by atoms with Gasteiger partial charge in [-0.05, 0) is 62.6 Å². The highest BCUT2D eigenvalue weighted by molar-refractivity contribution is 7.89. The molecule has 0 saturated heterocycles. The van der Waals surface area contributed by atoms with Crippen LogP contribution in [0.25, 0.3) is 5.57 Å². The van der Waals surface area contributed by atoms with Crippen LogP contribution in [0.5, 0.6) is 5.75 Å². The van der Waals surface area contributed by atoms with Crippen molar-refractivity contribution < 1.29 is 22.7 Å². The van der Waals surface area contributed by atoms with E-state index in [1.165, 1.54) is 15.9 Å². The van der Waals surface area contributed by atoms with Crippen molar-refractivity contribution in [1.82, 2.24) is 9.21 Å². The molecule has 6 nitrogen and oxygen atoms in total. The molecule has 1 heterocycles. The third kappa shape index (κ3) is 5.61. The predicted octanol–water partition coefficient (Wildman–Crippen LogP) is 4.29. The van der Waals surface area contributed by atoms with Crippen LogP contribution < -0.4 is 4.74 Å². The average Bonchev–Trinajstić information content (AvgIpc) is 3.37. The highest BCUT2D eigenvalue weighted by atomic mass is 32.2. The standard InChI is InChI=1S/C27H35FN2O4S/c1-19-15-30(20(2)18-31)35(32,33)27-13-12-22(21-8-4-5-9-21)14-25(27)34-26(19)17-29(3)16-23-10-6-7-11-24(23)28/h6-8,10-14,19-20,26,31H,4-5,9,15-18H2,1-3H3/t19-,20-,26+/m0/s1. The molecule has 0 spiro atoms. The number of rotatable bonds is 7. The smallest absolute Gasteiger partial charge is 0.247 e. The van der Waals surface area contributed by atoms with Crippen molar-refractivity contribution in [1.29, 1.82) is 0 Å². The summed E-state index contributed by atoms with van der Waals surface area (Å²) in [5.74, 6) is -0.0783. The zero-order chi connectivity index (χ0) is 25.2. The molecule has 1 aliphatic heterocycles. The number of hydrogen-bond donors (Lipinski definition) is 1. The minimum absolute atomic E-state index is 0.119. The molecule has 8 heteroatoms. The number of fused-ring (bicyclic) bond motifs is 1. The van der Waals surface area contributed by atoms with E-state index in [1.807, 2.05) is 37.1 Å². The first-order valence-corrected chi connectivity index (χ1v) is 13.7. The monoisotopic (exact) mass is 502 g/mol. The van der Waals surface area contributed by atoms with Crippen LogP contribution in [0.15, 0.2) is 53.4 Å². The molecule has 190 valence electrons. The predicted molar refractivity (Wildman–Crippen MR) is 135 cm³/mol. The fourth-order valence-corrected chi connectivity index (χ4v) is 6.69. The summed E-state index contributed by atoms with van der Waals surface area (Å²) < 4.78 is 49.3. The topological polar surface area (TPSA) is 70.1 Å². The number of hydrogen-bond acceptors (Lipinski definition) is 5. The summed E-state index contributed by atoms with van der Waals surface area (Å²) in [6, 6.07) is 11.5. The fraction of sp³-hybridized carbons (Fsp3) is 0.481. The molecule has 0 fully saturated rings. The summed E-state index contributed by atoms with van der Waals surface area (Å²) in [5.41, 5.74) is 2.78. The molecule has 2 aromatic rings. The molecular formula is C27H35FN2O4S. The number of nitrogens with zero attached hydrogens (tertiary/aromatic N) is 2. The van der Waals surface area contributed by atoms with Crippen molar-refractivity contribution in [2.75, 3.05) is 26.7 Å². The molecule has 1 aliphatic carbocycles. The van der Waals surface area contributed by atoms with Gasteiger partial charge in [-0.3, -0.25) is 4.90 Å². The number of halogens is 1. The van der Waals surface area contributed by atoms with Crippen LogP contribution in [-0.2, 0) is 16.6 Å². The number of allylic oxidation sites excluding steroid dienone is 2. The number of likely N-dealkylation sites (N-methyl/N-ethyl adjacent to an activating group) is 1. The van der Waals surface area contributed by atoms with Gasteiger partial charge in [0.15, 0.2) is 0 Å². The number of benzene rings is 2. The Morgan fingerprint density at radius 1 is 1.26 bits per heavy atom. The van der Waals surface area contributed by atoms with Crippen LogP contribution in [0.3, 0.4) is 0 Å². The lowest BCUT2D eigenvalue weighted by Crippen LogP contribution is -2.49. The molecule has 1 N–H and O–H groups in total. The van der Waals surface area contributed by atoms with Crippen molar-refractivity contribution in [3.05, 3.63) is 65.5 Å². The van der Waals surface area contributed by atoms with Gasteiger partial charge in [0.2, 0.25) is 10.0 Å². The van der Waals surface area contributed by atoms with E-state index in [-0.39, 0.29) is 35.9 Å². The average molecular weight is 503 g/mol. The second-order valence-electron chi connectivity index (χ2n) is 9.81. The molecule has 0 saturated carbocycles. The lowest BCUT2D eigenvalue weighted by molar-refractivity contribution is 0.0731.